The minimum atomic E-state index is -4.32. The smallest absolute Gasteiger partial charge is 0.411 e. The maximum Gasteiger partial charge on any atom is 0.411 e. The highest BCUT2D eigenvalue weighted by Crippen LogP contribution is 2.25. The second-order valence-corrected chi connectivity index (χ2v) is 4.31. The minimum absolute atomic E-state index is 0.179. The van der Waals surface area contributed by atoms with E-state index >= 15 is 0 Å². The number of hydrogen-bond donors (Lipinski definition) is 1. The standard InChI is InChI=1S/C10H9F3N2O2S/c11-10(12,13)4-16-5-18-9-15-7-3-6(14)1-2-8(7)17-9/h1-3H,4-5,14H2. The molecular formula is C10H9F3N2O2S. The molecule has 4 nitrogen and oxygen atoms in total. The summed E-state index contributed by atoms with van der Waals surface area (Å²) in [6, 6.07) is 4.93. The molecule has 0 saturated carbocycles. The Bertz CT molecular complexity index is 541. The third-order valence-corrected chi connectivity index (χ3v) is 2.63. The molecule has 18 heavy (non-hydrogen) atoms. The molecule has 2 rings (SSSR count). The van der Waals surface area contributed by atoms with Crippen molar-refractivity contribution in [3.05, 3.63) is 18.2 Å². The number of halogens is 3. The van der Waals surface area contributed by atoms with Crippen molar-refractivity contribution >= 4 is 28.5 Å². The maximum atomic E-state index is 11.8. The normalized spacial score (nSPS) is 12.2. The van der Waals surface area contributed by atoms with Gasteiger partial charge >= 0.3 is 6.18 Å². The number of nitrogen functional groups attached to an aromatic ring is 1. The Labute approximate surface area is 104 Å². The first-order valence-electron chi connectivity index (χ1n) is 4.87. The molecule has 0 bridgehead atoms. The van der Waals surface area contributed by atoms with E-state index in [9.17, 15) is 13.2 Å². The number of thioether (sulfide) groups is 1. The summed E-state index contributed by atoms with van der Waals surface area (Å²) in [5.41, 5.74) is 7.20. The summed E-state index contributed by atoms with van der Waals surface area (Å²) >= 11 is 0.952. The number of rotatable bonds is 4. The summed E-state index contributed by atoms with van der Waals surface area (Å²) in [4.78, 5) is 4.06. The Kier molecular flexibility index (Phi) is 3.67. The Morgan fingerprint density at radius 3 is 2.89 bits per heavy atom. The Hall–Kier alpha value is -1.41. The number of nitrogens with two attached hydrogens (primary N) is 1. The monoisotopic (exact) mass is 278 g/mol. The van der Waals surface area contributed by atoms with Crippen LogP contribution in [0.1, 0.15) is 0 Å². The van der Waals surface area contributed by atoms with Crippen LogP contribution in [0, 0.1) is 0 Å². The van der Waals surface area contributed by atoms with Crippen molar-refractivity contribution in [2.75, 3.05) is 18.3 Å². The molecule has 0 unspecified atom stereocenters. The lowest BCUT2D eigenvalue weighted by Gasteiger charge is -2.05. The van der Waals surface area contributed by atoms with Crippen LogP contribution in [0.5, 0.6) is 0 Å². The van der Waals surface area contributed by atoms with E-state index in [2.05, 4.69) is 9.72 Å². The summed E-state index contributed by atoms with van der Waals surface area (Å²) in [6.07, 6.45) is -4.32. The molecular weight excluding hydrogens is 269 g/mol. The maximum absolute atomic E-state index is 11.8. The molecule has 1 heterocycles. The zero-order chi connectivity index (χ0) is 13.2. The van der Waals surface area contributed by atoms with Gasteiger partial charge in [-0.3, -0.25) is 0 Å². The average Bonchev–Trinajstić information content (AvgIpc) is 2.65. The average molecular weight is 278 g/mol. The van der Waals surface area contributed by atoms with Gasteiger partial charge in [0.1, 0.15) is 18.1 Å². The lowest BCUT2D eigenvalue weighted by atomic mass is 10.3. The van der Waals surface area contributed by atoms with Crippen LogP contribution < -0.4 is 5.73 Å². The second-order valence-electron chi connectivity index (χ2n) is 3.43. The predicted molar refractivity (Wildman–Crippen MR) is 61.2 cm³/mol. The molecule has 2 N–H and O–H groups in total. The molecule has 2 aromatic rings. The van der Waals surface area contributed by atoms with Gasteiger partial charge in [0.05, 0.1) is 0 Å². The van der Waals surface area contributed by atoms with Gasteiger partial charge in [0.2, 0.25) is 0 Å². The Morgan fingerprint density at radius 1 is 1.39 bits per heavy atom. The van der Waals surface area contributed by atoms with Crippen LogP contribution in [0.25, 0.3) is 11.1 Å². The first-order valence-corrected chi connectivity index (χ1v) is 5.86. The van der Waals surface area contributed by atoms with Crippen LogP contribution in [0.3, 0.4) is 0 Å². The van der Waals surface area contributed by atoms with E-state index < -0.39 is 12.8 Å². The van der Waals surface area contributed by atoms with E-state index in [-0.39, 0.29) is 11.2 Å². The quantitative estimate of drug-likeness (QED) is 0.403. The number of anilines is 1. The molecule has 0 saturated heterocycles. The Morgan fingerprint density at radius 2 is 2.17 bits per heavy atom. The fraction of sp³-hybridized carbons (Fsp3) is 0.300. The molecule has 1 aromatic heterocycles. The molecule has 1 aromatic carbocycles. The lowest BCUT2D eigenvalue weighted by Crippen LogP contribution is -2.16. The molecule has 8 heteroatoms. The molecule has 0 aliphatic rings. The van der Waals surface area contributed by atoms with Crippen LogP contribution in [0.15, 0.2) is 27.8 Å². The van der Waals surface area contributed by atoms with E-state index in [1.807, 2.05) is 0 Å². The number of aromatic nitrogens is 1. The number of hydrogen-bond acceptors (Lipinski definition) is 5. The van der Waals surface area contributed by atoms with Crippen molar-refractivity contribution in [2.45, 2.75) is 11.4 Å². The summed E-state index contributed by atoms with van der Waals surface area (Å²) in [6.45, 7) is -1.28. The van der Waals surface area contributed by atoms with Crippen LogP contribution in [0.4, 0.5) is 18.9 Å². The largest absolute Gasteiger partial charge is 0.431 e. The van der Waals surface area contributed by atoms with Crippen LogP contribution in [-0.2, 0) is 4.74 Å². The van der Waals surface area contributed by atoms with Crippen molar-refractivity contribution in [2.24, 2.45) is 0 Å². The van der Waals surface area contributed by atoms with Gasteiger partial charge in [0.25, 0.3) is 5.22 Å². The van der Waals surface area contributed by atoms with Gasteiger partial charge in [-0.15, -0.1) is 0 Å². The van der Waals surface area contributed by atoms with Crippen molar-refractivity contribution in [3.8, 4) is 0 Å². The highest BCUT2D eigenvalue weighted by atomic mass is 32.2. The number of oxazole rings is 1. The number of ether oxygens (including phenoxy) is 1. The van der Waals surface area contributed by atoms with Gasteiger partial charge in [-0.2, -0.15) is 13.2 Å². The minimum Gasteiger partial charge on any atom is -0.431 e. The van der Waals surface area contributed by atoms with Crippen molar-refractivity contribution in [1.29, 1.82) is 0 Å². The van der Waals surface area contributed by atoms with Gasteiger partial charge in [0.15, 0.2) is 5.58 Å². The summed E-state index contributed by atoms with van der Waals surface area (Å²) in [7, 11) is 0. The lowest BCUT2D eigenvalue weighted by molar-refractivity contribution is -0.168. The molecule has 0 spiro atoms. The zero-order valence-electron chi connectivity index (χ0n) is 9.03. The summed E-state index contributed by atoms with van der Waals surface area (Å²) < 4.78 is 45.1. The van der Waals surface area contributed by atoms with Gasteiger partial charge in [-0.1, -0.05) is 0 Å². The van der Waals surface area contributed by atoms with E-state index in [1.54, 1.807) is 18.2 Å². The predicted octanol–water partition coefficient (Wildman–Crippen LogP) is 3.04. The van der Waals surface area contributed by atoms with Gasteiger partial charge in [-0.05, 0) is 30.0 Å². The van der Waals surface area contributed by atoms with Gasteiger partial charge in [0, 0.05) is 5.69 Å². The third kappa shape index (κ3) is 3.54. The molecule has 98 valence electrons. The van der Waals surface area contributed by atoms with E-state index in [4.69, 9.17) is 10.2 Å². The highest BCUT2D eigenvalue weighted by molar-refractivity contribution is 7.98. The van der Waals surface area contributed by atoms with E-state index in [0.29, 0.717) is 16.8 Å². The summed E-state index contributed by atoms with van der Waals surface area (Å²) in [5, 5.41) is 0.248. The van der Waals surface area contributed by atoms with Crippen LogP contribution >= 0.6 is 11.8 Å². The Balaban J connectivity index is 1.92. The number of alkyl halides is 3. The molecule has 0 fully saturated rings. The third-order valence-electron chi connectivity index (χ3n) is 1.92. The molecule has 0 aliphatic heterocycles. The highest BCUT2D eigenvalue weighted by Gasteiger charge is 2.27. The van der Waals surface area contributed by atoms with Crippen molar-refractivity contribution in [3.63, 3.8) is 0 Å². The fourth-order valence-corrected chi connectivity index (χ4v) is 1.81. The van der Waals surface area contributed by atoms with Gasteiger partial charge in [-0.25, -0.2) is 4.98 Å². The second kappa shape index (κ2) is 5.07. The van der Waals surface area contributed by atoms with Crippen LogP contribution in [0.2, 0.25) is 0 Å². The first kappa shape index (κ1) is 13.0. The van der Waals surface area contributed by atoms with Crippen molar-refractivity contribution < 1.29 is 22.3 Å². The number of fused-ring (bicyclic) bond motifs is 1. The van der Waals surface area contributed by atoms with Gasteiger partial charge < -0.3 is 14.9 Å². The molecule has 0 radical (unpaired) electrons. The SMILES string of the molecule is Nc1ccc2oc(SCOCC(F)(F)F)nc2c1. The van der Waals surface area contributed by atoms with E-state index in [0.717, 1.165) is 11.8 Å². The zero-order valence-corrected chi connectivity index (χ0v) is 9.85. The number of nitrogens with zero attached hydrogens (tertiary/aromatic N) is 1. The fourth-order valence-electron chi connectivity index (χ4n) is 1.23. The summed E-state index contributed by atoms with van der Waals surface area (Å²) in [5.74, 6) is -0.179. The van der Waals surface area contributed by atoms with E-state index in [1.165, 1.54) is 0 Å². The van der Waals surface area contributed by atoms with Crippen molar-refractivity contribution in [1.82, 2.24) is 4.98 Å². The molecule has 0 aliphatic carbocycles. The first-order chi connectivity index (χ1) is 8.44. The topological polar surface area (TPSA) is 61.3 Å². The molecule has 0 amide bonds. The molecule has 0 atom stereocenters. The number of benzene rings is 1. The van der Waals surface area contributed by atoms with Crippen LogP contribution in [-0.4, -0.2) is 23.7 Å².